The van der Waals surface area contributed by atoms with E-state index in [-0.39, 0.29) is 5.91 Å². The summed E-state index contributed by atoms with van der Waals surface area (Å²) >= 11 is 0. The normalized spacial score (nSPS) is 38.7. The first-order valence-electron chi connectivity index (χ1n) is 8.35. The van der Waals surface area contributed by atoms with Crippen molar-refractivity contribution in [2.24, 2.45) is 5.92 Å². The summed E-state index contributed by atoms with van der Waals surface area (Å²) in [5.74, 6) is -0.343. The van der Waals surface area contributed by atoms with E-state index in [0.717, 1.165) is 19.3 Å². The van der Waals surface area contributed by atoms with E-state index in [0.29, 0.717) is 43.8 Å². The fraction of sp³-hybridized carbons (Fsp3) is 0.875. The van der Waals surface area contributed by atoms with Gasteiger partial charge >= 0.3 is 5.97 Å². The monoisotopic (exact) mass is 294 g/mol. The van der Waals surface area contributed by atoms with Crippen molar-refractivity contribution in [1.29, 1.82) is 0 Å². The zero-order chi connectivity index (χ0) is 15.0. The molecule has 3 saturated heterocycles. The van der Waals surface area contributed by atoms with Gasteiger partial charge in [0.1, 0.15) is 5.54 Å². The second kappa shape index (κ2) is 5.59. The molecule has 118 valence electrons. The number of likely N-dealkylation sites (tertiary alicyclic amines) is 1. The number of aliphatic carboxylic acids is 1. The Kier molecular flexibility index (Phi) is 3.95. The van der Waals surface area contributed by atoms with Crippen LogP contribution in [0.4, 0.5) is 0 Å². The molecule has 3 unspecified atom stereocenters. The number of hydrogen-bond acceptors (Lipinski definition) is 3. The Morgan fingerprint density at radius 3 is 2.52 bits per heavy atom. The number of carbonyl (C=O) groups excluding carboxylic acids is 1. The molecule has 0 aromatic heterocycles. The van der Waals surface area contributed by atoms with Crippen LogP contribution in [0.5, 0.6) is 0 Å². The summed E-state index contributed by atoms with van der Waals surface area (Å²) in [7, 11) is 0. The molecule has 3 rings (SSSR count). The number of carboxylic acids is 1. The van der Waals surface area contributed by atoms with E-state index in [1.54, 1.807) is 4.90 Å². The van der Waals surface area contributed by atoms with Crippen LogP contribution in [0.1, 0.15) is 58.3 Å². The third kappa shape index (κ3) is 2.56. The Labute approximate surface area is 126 Å². The van der Waals surface area contributed by atoms with Gasteiger partial charge in [-0.05, 0) is 50.9 Å². The lowest BCUT2D eigenvalue weighted by molar-refractivity contribution is -0.157. The van der Waals surface area contributed by atoms with Crippen LogP contribution in [0.2, 0.25) is 0 Å². The molecule has 3 heterocycles. The summed E-state index contributed by atoms with van der Waals surface area (Å²) in [5.41, 5.74) is -0.941. The Morgan fingerprint density at radius 1 is 1.29 bits per heavy atom. The molecular formula is C16H26N2O3. The van der Waals surface area contributed by atoms with E-state index in [1.165, 1.54) is 12.8 Å². The molecule has 1 amide bonds. The van der Waals surface area contributed by atoms with Gasteiger partial charge < -0.3 is 15.3 Å². The number of hydrogen-bond donors (Lipinski definition) is 2. The molecule has 0 aromatic carbocycles. The third-order valence-electron chi connectivity index (χ3n) is 5.81. The summed E-state index contributed by atoms with van der Waals surface area (Å²) in [6, 6.07) is 1.16. The Hall–Kier alpha value is -1.10. The maximum atomic E-state index is 12.7. The lowest BCUT2D eigenvalue weighted by Crippen LogP contribution is -2.53. The molecule has 0 aliphatic carbocycles. The van der Waals surface area contributed by atoms with E-state index < -0.39 is 11.5 Å². The van der Waals surface area contributed by atoms with Gasteiger partial charge in [0.15, 0.2) is 0 Å². The Balaban J connectivity index is 1.66. The summed E-state index contributed by atoms with van der Waals surface area (Å²) < 4.78 is 0. The fourth-order valence-electron chi connectivity index (χ4n) is 4.68. The largest absolute Gasteiger partial charge is 0.479 e. The third-order valence-corrected chi connectivity index (χ3v) is 5.81. The molecule has 5 nitrogen and oxygen atoms in total. The standard InChI is InChI=1S/C16H26N2O3/c1-2-16(15(20)21)6-3-7-18(16)14(19)10-11-8-12-4-5-13(9-11)17-12/h11-13,17H,2-10H2,1H3,(H,20,21). The van der Waals surface area contributed by atoms with Gasteiger partial charge in [0.2, 0.25) is 5.91 Å². The Bertz CT molecular complexity index is 427. The molecule has 2 N–H and O–H groups in total. The zero-order valence-corrected chi connectivity index (χ0v) is 12.8. The predicted octanol–water partition coefficient (Wildman–Crippen LogP) is 1.76. The zero-order valence-electron chi connectivity index (χ0n) is 12.8. The van der Waals surface area contributed by atoms with E-state index in [9.17, 15) is 14.7 Å². The van der Waals surface area contributed by atoms with E-state index in [2.05, 4.69) is 5.32 Å². The number of piperidine rings is 1. The molecule has 21 heavy (non-hydrogen) atoms. The van der Waals surface area contributed by atoms with Crippen LogP contribution in [0, 0.1) is 5.92 Å². The maximum Gasteiger partial charge on any atom is 0.329 e. The van der Waals surface area contributed by atoms with Gasteiger partial charge in [0.05, 0.1) is 0 Å². The molecule has 3 aliphatic rings. The number of carbonyl (C=O) groups is 2. The number of fused-ring (bicyclic) bond motifs is 2. The van der Waals surface area contributed by atoms with Crippen LogP contribution >= 0.6 is 0 Å². The van der Waals surface area contributed by atoms with Crippen molar-refractivity contribution in [3.8, 4) is 0 Å². The molecule has 3 fully saturated rings. The summed E-state index contributed by atoms with van der Waals surface area (Å²) in [5, 5.41) is 13.2. The SMILES string of the molecule is CCC1(C(=O)O)CCCN1C(=O)CC1CC2CCC(C1)N2. The van der Waals surface area contributed by atoms with Crippen molar-refractivity contribution in [1.82, 2.24) is 10.2 Å². The van der Waals surface area contributed by atoms with Gasteiger partial charge in [-0.15, -0.1) is 0 Å². The van der Waals surface area contributed by atoms with Crippen molar-refractivity contribution < 1.29 is 14.7 Å². The van der Waals surface area contributed by atoms with Crippen LogP contribution in [0.25, 0.3) is 0 Å². The van der Waals surface area contributed by atoms with E-state index >= 15 is 0 Å². The van der Waals surface area contributed by atoms with E-state index in [4.69, 9.17) is 0 Å². The lowest BCUT2D eigenvalue weighted by Gasteiger charge is -2.36. The first kappa shape index (κ1) is 14.8. The van der Waals surface area contributed by atoms with E-state index in [1.807, 2.05) is 6.92 Å². The van der Waals surface area contributed by atoms with Gasteiger partial charge in [-0.3, -0.25) is 4.79 Å². The van der Waals surface area contributed by atoms with Crippen LogP contribution < -0.4 is 5.32 Å². The molecule has 0 aromatic rings. The molecular weight excluding hydrogens is 268 g/mol. The van der Waals surface area contributed by atoms with Crippen LogP contribution in [0.3, 0.4) is 0 Å². The smallest absolute Gasteiger partial charge is 0.329 e. The molecule has 0 spiro atoms. The molecule has 5 heteroatoms. The number of rotatable bonds is 4. The topological polar surface area (TPSA) is 69.6 Å². The highest BCUT2D eigenvalue weighted by atomic mass is 16.4. The van der Waals surface area contributed by atoms with Crippen LogP contribution in [0.15, 0.2) is 0 Å². The van der Waals surface area contributed by atoms with Crippen molar-refractivity contribution in [2.45, 2.75) is 75.9 Å². The molecule has 2 bridgehead atoms. The van der Waals surface area contributed by atoms with Gasteiger partial charge in [-0.25, -0.2) is 4.79 Å². The number of carboxylic acid groups (broad SMARTS) is 1. The van der Waals surface area contributed by atoms with Gasteiger partial charge in [-0.2, -0.15) is 0 Å². The van der Waals surface area contributed by atoms with Crippen molar-refractivity contribution in [2.75, 3.05) is 6.54 Å². The lowest BCUT2D eigenvalue weighted by atomic mass is 9.88. The minimum Gasteiger partial charge on any atom is -0.479 e. The molecule has 0 saturated carbocycles. The first-order chi connectivity index (χ1) is 10.0. The molecule has 0 radical (unpaired) electrons. The second-order valence-electron chi connectivity index (χ2n) is 7.02. The molecule has 3 aliphatic heterocycles. The summed E-state index contributed by atoms with van der Waals surface area (Å²) in [6.07, 6.45) is 7.05. The van der Waals surface area contributed by atoms with Crippen molar-refractivity contribution >= 4 is 11.9 Å². The first-order valence-corrected chi connectivity index (χ1v) is 8.35. The van der Waals surface area contributed by atoms with Crippen LogP contribution in [-0.4, -0.2) is 46.1 Å². The minimum atomic E-state index is -0.941. The maximum absolute atomic E-state index is 12.7. The average molecular weight is 294 g/mol. The predicted molar refractivity (Wildman–Crippen MR) is 78.9 cm³/mol. The number of amides is 1. The molecule has 3 atom stereocenters. The summed E-state index contributed by atoms with van der Waals surface area (Å²) in [4.78, 5) is 26.0. The highest BCUT2D eigenvalue weighted by molar-refractivity contribution is 5.87. The highest BCUT2D eigenvalue weighted by Crippen LogP contribution is 2.37. The van der Waals surface area contributed by atoms with Gasteiger partial charge in [0.25, 0.3) is 0 Å². The minimum absolute atomic E-state index is 0.0584. The second-order valence-corrected chi connectivity index (χ2v) is 7.02. The summed E-state index contributed by atoms with van der Waals surface area (Å²) in [6.45, 7) is 2.49. The Morgan fingerprint density at radius 2 is 1.95 bits per heavy atom. The number of nitrogens with one attached hydrogen (secondary N) is 1. The van der Waals surface area contributed by atoms with Crippen molar-refractivity contribution in [3.63, 3.8) is 0 Å². The van der Waals surface area contributed by atoms with Gasteiger partial charge in [-0.1, -0.05) is 6.92 Å². The quantitative estimate of drug-likeness (QED) is 0.829. The fourth-order valence-corrected chi connectivity index (χ4v) is 4.68. The number of nitrogens with zero attached hydrogens (tertiary/aromatic N) is 1. The highest BCUT2D eigenvalue weighted by Gasteiger charge is 2.48. The average Bonchev–Trinajstić information content (AvgIpc) is 3.03. The van der Waals surface area contributed by atoms with Crippen molar-refractivity contribution in [3.05, 3.63) is 0 Å². The van der Waals surface area contributed by atoms with Gasteiger partial charge in [0, 0.05) is 25.0 Å². The van der Waals surface area contributed by atoms with Crippen LogP contribution in [-0.2, 0) is 9.59 Å².